The average molecular weight is 398 g/mol. The van der Waals surface area contributed by atoms with Gasteiger partial charge in [0.2, 0.25) is 5.91 Å². The third kappa shape index (κ3) is 4.22. The van der Waals surface area contributed by atoms with Crippen LogP contribution in [0.4, 0.5) is 4.39 Å². The topological polar surface area (TPSA) is 50.8 Å². The van der Waals surface area contributed by atoms with E-state index in [-0.39, 0.29) is 23.7 Å². The number of nitrogens with one attached hydrogen (secondary N) is 1. The molecule has 0 radical (unpaired) electrons. The quantitative estimate of drug-likeness (QED) is 0.776. The molecule has 4 rings (SSSR count). The second-order valence-corrected chi connectivity index (χ2v) is 7.75. The Kier molecular flexibility index (Phi) is 5.72. The normalized spacial score (nSPS) is 18.8. The first-order chi connectivity index (χ1) is 14.1. The lowest BCUT2D eigenvalue weighted by Gasteiger charge is -2.38. The van der Waals surface area contributed by atoms with E-state index in [1.807, 2.05) is 24.3 Å². The van der Waals surface area contributed by atoms with Gasteiger partial charge in [0, 0.05) is 31.1 Å². The largest absolute Gasteiger partial charge is 0.493 e. The summed E-state index contributed by atoms with van der Waals surface area (Å²) in [4.78, 5) is 14.5. The molecule has 1 heterocycles. The fraction of sp³-hybridized carbons (Fsp3) is 0.435. The molecule has 1 fully saturated rings. The zero-order chi connectivity index (χ0) is 20.4. The van der Waals surface area contributed by atoms with Gasteiger partial charge in [-0.2, -0.15) is 0 Å². The van der Waals surface area contributed by atoms with Crippen LogP contribution in [0.1, 0.15) is 35.6 Å². The Labute approximate surface area is 170 Å². The molecule has 0 saturated heterocycles. The van der Waals surface area contributed by atoms with Gasteiger partial charge in [-0.3, -0.25) is 9.69 Å². The van der Waals surface area contributed by atoms with Gasteiger partial charge in [0.1, 0.15) is 5.82 Å². The molecule has 2 aliphatic rings. The van der Waals surface area contributed by atoms with Crippen LogP contribution in [0.2, 0.25) is 0 Å². The lowest BCUT2D eigenvalue weighted by Crippen LogP contribution is -2.42. The molecule has 0 unspecified atom stereocenters. The molecular formula is C23H27FN2O3. The maximum absolute atomic E-state index is 14.3. The minimum atomic E-state index is -0.202. The lowest BCUT2D eigenvalue weighted by atomic mass is 9.91. The zero-order valence-corrected chi connectivity index (χ0v) is 16.9. The second-order valence-electron chi connectivity index (χ2n) is 7.75. The number of halogens is 1. The Hall–Kier alpha value is -2.60. The van der Waals surface area contributed by atoms with Crippen molar-refractivity contribution in [3.05, 3.63) is 58.9 Å². The molecule has 154 valence electrons. The number of carbonyl (C=O) groups excluding carboxylic acids is 1. The van der Waals surface area contributed by atoms with E-state index in [1.54, 1.807) is 20.3 Å². The molecule has 2 aromatic rings. The molecule has 2 aromatic carbocycles. The third-order valence-electron chi connectivity index (χ3n) is 5.86. The summed E-state index contributed by atoms with van der Waals surface area (Å²) in [6, 6.07) is 10.8. The summed E-state index contributed by atoms with van der Waals surface area (Å²) >= 11 is 0. The van der Waals surface area contributed by atoms with Gasteiger partial charge < -0.3 is 14.8 Å². The van der Waals surface area contributed by atoms with Crippen LogP contribution in [0.15, 0.2) is 36.4 Å². The first-order valence-electron chi connectivity index (χ1n) is 10.1. The van der Waals surface area contributed by atoms with E-state index in [1.165, 1.54) is 11.6 Å². The molecule has 5 nitrogen and oxygen atoms in total. The SMILES string of the molecule is COc1cc2c(cc1OC)[C@H](CNC(=O)C1CC1)N(Cc1ccccc1F)CC2. The van der Waals surface area contributed by atoms with Crippen LogP contribution in [0, 0.1) is 11.7 Å². The molecule has 1 atom stereocenters. The highest BCUT2D eigenvalue weighted by Gasteiger charge is 2.33. The number of rotatable bonds is 7. The standard InChI is InChI=1S/C23H27FN2O3/c1-28-21-11-16-9-10-26(14-17-5-3-4-6-19(17)24)20(18(16)12-22(21)29-2)13-25-23(27)15-7-8-15/h3-6,11-12,15,20H,7-10,13-14H2,1-2H3,(H,25,27)/t20-/m0/s1. The third-order valence-corrected chi connectivity index (χ3v) is 5.86. The second kappa shape index (κ2) is 8.41. The van der Waals surface area contributed by atoms with Crippen LogP contribution in [0.3, 0.4) is 0 Å². The Balaban J connectivity index is 1.64. The van der Waals surface area contributed by atoms with Crippen LogP contribution in [0.5, 0.6) is 11.5 Å². The van der Waals surface area contributed by atoms with Gasteiger partial charge in [0.05, 0.1) is 20.3 Å². The van der Waals surface area contributed by atoms with Crippen LogP contribution in [-0.4, -0.2) is 38.1 Å². The van der Waals surface area contributed by atoms with Crippen molar-refractivity contribution >= 4 is 5.91 Å². The number of fused-ring (bicyclic) bond motifs is 1. The summed E-state index contributed by atoms with van der Waals surface area (Å²) in [6.07, 6.45) is 2.77. The number of amides is 1. The fourth-order valence-electron chi connectivity index (χ4n) is 4.04. The van der Waals surface area contributed by atoms with Gasteiger partial charge in [-0.05, 0) is 48.6 Å². The smallest absolute Gasteiger partial charge is 0.223 e. The fourth-order valence-corrected chi connectivity index (χ4v) is 4.04. The number of benzene rings is 2. The Morgan fingerprint density at radius 1 is 1.17 bits per heavy atom. The maximum atomic E-state index is 14.3. The highest BCUT2D eigenvalue weighted by molar-refractivity contribution is 5.80. The van der Waals surface area contributed by atoms with Crippen molar-refractivity contribution in [2.24, 2.45) is 5.92 Å². The van der Waals surface area contributed by atoms with Crippen molar-refractivity contribution in [3.8, 4) is 11.5 Å². The molecule has 6 heteroatoms. The van der Waals surface area contributed by atoms with E-state index in [2.05, 4.69) is 10.2 Å². The van der Waals surface area contributed by atoms with Crippen LogP contribution < -0.4 is 14.8 Å². The first-order valence-corrected chi connectivity index (χ1v) is 10.1. The predicted molar refractivity (Wildman–Crippen MR) is 109 cm³/mol. The molecule has 0 bridgehead atoms. The molecule has 0 aromatic heterocycles. The summed E-state index contributed by atoms with van der Waals surface area (Å²) < 4.78 is 25.2. The van der Waals surface area contributed by atoms with Gasteiger partial charge in [0.15, 0.2) is 11.5 Å². The van der Waals surface area contributed by atoms with Crippen molar-refractivity contribution in [1.29, 1.82) is 0 Å². The number of hydrogen-bond acceptors (Lipinski definition) is 4. The molecule has 1 aliphatic carbocycles. The van der Waals surface area contributed by atoms with Crippen molar-refractivity contribution in [3.63, 3.8) is 0 Å². The van der Waals surface area contributed by atoms with Crippen LogP contribution in [0.25, 0.3) is 0 Å². The molecule has 0 spiro atoms. The van der Waals surface area contributed by atoms with Crippen molar-refractivity contribution in [2.45, 2.75) is 31.8 Å². The number of methoxy groups -OCH3 is 2. The van der Waals surface area contributed by atoms with Crippen molar-refractivity contribution < 1.29 is 18.7 Å². The summed E-state index contributed by atoms with van der Waals surface area (Å²) in [5.41, 5.74) is 2.94. The van der Waals surface area contributed by atoms with Crippen molar-refractivity contribution in [2.75, 3.05) is 27.3 Å². The number of ether oxygens (including phenoxy) is 2. The Morgan fingerprint density at radius 2 is 1.90 bits per heavy atom. The summed E-state index contributed by atoms with van der Waals surface area (Å²) in [7, 11) is 3.25. The molecule has 1 amide bonds. The van der Waals surface area contributed by atoms with E-state index in [4.69, 9.17) is 9.47 Å². The highest BCUT2D eigenvalue weighted by atomic mass is 19.1. The lowest BCUT2D eigenvalue weighted by molar-refractivity contribution is -0.122. The van der Waals surface area contributed by atoms with E-state index in [0.29, 0.717) is 30.2 Å². The predicted octanol–water partition coefficient (Wildman–Crippen LogP) is 3.47. The molecular weight excluding hydrogens is 371 g/mol. The summed E-state index contributed by atoms with van der Waals surface area (Å²) in [6.45, 7) is 1.76. The number of nitrogens with zero attached hydrogens (tertiary/aromatic N) is 1. The first kappa shape index (κ1) is 19.7. The van der Waals surface area contributed by atoms with Gasteiger partial charge >= 0.3 is 0 Å². The minimum Gasteiger partial charge on any atom is -0.493 e. The van der Waals surface area contributed by atoms with Gasteiger partial charge in [-0.1, -0.05) is 18.2 Å². The van der Waals surface area contributed by atoms with E-state index < -0.39 is 0 Å². The minimum absolute atomic E-state index is 0.0548. The van der Waals surface area contributed by atoms with Crippen LogP contribution in [-0.2, 0) is 17.8 Å². The van der Waals surface area contributed by atoms with Crippen molar-refractivity contribution in [1.82, 2.24) is 10.2 Å². The highest BCUT2D eigenvalue weighted by Crippen LogP contribution is 2.39. The monoisotopic (exact) mass is 398 g/mol. The summed E-state index contributed by atoms with van der Waals surface area (Å²) in [5, 5.41) is 3.11. The van der Waals surface area contributed by atoms with Crippen LogP contribution >= 0.6 is 0 Å². The van der Waals surface area contributed by atoms with Gasteiger partial charge in [-0.25, -0.2) is 4.39 Å². The van der Waals surface area contributed by atoms with E-state index in [0.717, 1.165) is 31.4 Å². The molecule has 1 N–H and O–H groups in total. The Morgan fingerprint density at radius 3 is 2.59 bits per heavy atom. The zero-order valence-electron chi connectivity index (χ0n) is 16.9. The molecule has 1 saturated carbocycles. The van der Waals surface area contributed by atoms with Gasteiger partial charge in [-0.15, -0.1) is 0 Å². The Bertz CT molecular complexity index is 898. The number of carbonyl (C=O) groups is 1. The van der Waals surface area contributed by atoms with Gasteiger partial charge in [0.25, 0.3) is 0 Å². The number of hydrogen-bond donors (Lipinski definition) is 1. The summed E-state index contributed by atoms with van der Waals surface area (Å²) in [5.74, 6) is 1.44. The van der Waals surface area contributed by atoms with E-state index >= 15 is 0 Å². The average Bonchev–Trinajstić information content (AvgIpc) is 3.58. The van der Waals surface area contributed by atoms with E-state index in [9.17, 15) is 9.18 Å². The molecule has 1 aliphatic heterocycles. The maximum Gasteiger partial charge on any atom is 0.223 e. The molecule has 29 heavy (non-hydrogen) atoms.